The lowest BCUT2D eigenvalue weighted by Crippen LogP contribution is -2.70. The lowest BCUT2D eigenvalue weighted by molar-refractivity contribution is -0.575. The molecule has 4 saturated heterocycles. The van der Waals surface area contributed by atoms with Gasteiger partial charge in [0, 0.05) is 18.3 Å². The van der Waals surface area contributed by atoms with E-state index in [1.54, 1.807) is 0 Å². The fraction of sp³-hybridized carbons (Fsp3) is 0.727. The van der Waals surface area contributed by atoms with Crippen LogP contribution in [0.4, 0.5) is 0 Å². The largest absolute Gasteiger partial charge is 0.465 e. The van der Waals surface area contributed by atoms with Gasteiger partial charge in [-0.15, -0.1) is 0 Å². The summed E-state index contributed by atoms with van der Waals surface area (Å²) in [6, 6.07) is 8.13. The Balaban J connectivity index is 1.48. The van der Waals surface area contributed by atoms with E-state index >= 15 is 0 Å². The van der Waals surface area contributed by atoms with Crippen LogP contribution < -0.4 is 4.74 Å². The highest BCUT2D eigenvalue weighted by Crippen LogP contribution is 2.60. The number of fused-ring (bicyclic) bond motifs is 2. The van der Waals surface area contributed by atoms with Gasteiger partial charge in [0.25, 0.3) is 0 Å². The van der Waals surface area contributed by atoms with E-state index in [4.69, 9.17) is 24.0 Å². The molecule has 1 aromatic rings. The first kappa shape index (κ1) is 17.9. The van der Waals surface area contributed by atoms with Crippen molar-refractivity contribution in [1.29, 1.82) is 0 Å². The summed E-state index contributed by atoms with van der Waals surface area (Å²) in [7, 11) is 0. The topological polar surface area (TPSA) is 46.2 Å². The van der Waals surface area contributed by atoms with E-state index < -0.39 is 17.7 Å². The van der Waals surface area contributed by atoms with Gasteiger partial charge in [0.05, 0.1) is 0 Å². The van der Waals surface area contributed by atoms with Gasteiger partial charge in [-0.05, 0) is 57.1 Å². The van der Waals surface area contributed by atoms with E-state index in [1.807, 2.05) is 19.1 Å². The minimum Gasteiger partial charge on any atom is -0.465 e. The molecule has 0 radical (unpaired) electrons. The molecule has 1 spiro atoms. The average molecular weight is 374 g/mol. The predicted octanol–water partition coefficient (Wildman–Crippen LogP) is 4.58. The van der Waals surface area contributed by atoms with Crippen molar-refractivity contribution in [3.63, 3.8) is 0 Å². The predicted molar refractivity (Wildman–Crippen MR) is 98.6 cm³/mol. The first-order valence-electron chi connectivity index (χ1n) is 10.3. The van der Waals surface area contributed by atoms with Crippen LogP contribution in [-0.4, -0.2) is 24.0 Å². The molecule has 27 heavy (non-hydrogen) atoms. The highest BCUT2D eigenvalue weighted by Gasteiger charge is 2.69. The third-order valence-corrected chi connectivity index (χ3v) is 7.37. The third-order valence-electron chi connectivity index (χ3n) is 7.37. The molecule has 4 aliphatic heterocycles. The standard InChI is InChI=1S/C22H30O5/c1-13-5-8-16(9-6-13)23-19-15(3)18-10-7-14(2)17-11-12-21(4)25-20(24-19)22(17,18)27-26-21/h5-6,8-9,14-15,17-20H,7,10-12H2,1-4H3/t14-,15-,17?,18+,19+,20-,21-,22-/m1/s1. The molecule has 1 unspecified atom stereocenters. The van der Waals surface area contributed by atoms with Crippen molar-refractivity contribution in [2.24, 2.45) is 23.7 Å². The zero-order valence-corrected chi connectivity index (χ0v) is 16.6. The summed E-state index contributed by atoms with van der Waals surface area (Å²) in [4.78, 5) is 12.0. The van der Waals surface area contributed by atoms with Gasteiger partial charge in [-0.3, -0.25) is 0 Å². The van der Waals surface area contributed by atoms with Crippen LogP contribution in [0.25, 0.3) is 0 Å². The molecule has 5 aliphatic rings. The van der Waals surface area contributed by atoms with Crippen molar-refractivity contribution in [3.8, 4) is 5.75 Å². The molecule has 4 heterocycles. The summed E-state index contributed by atoms with van der Waals surface area (Å²) < 4.78 is 19.1. The first-order valence-corrected chi connectivity index (χ1v) is 10.3. The van der Waals surface area contributed by atoms with E-state index in [9.17, 15) is 0 Å². The average Bonchev–Trinajstić information content (AvgIpc) is 2.87. The molecule has 1 saturated carbocycles. The molecule has 1 aromatic carbocycles. The smallest absolute Gasteiger partial charge is 0.205 e. The van der Waals surface area contributed by atoms with Gasteiger partial charge in [-0.2, -0.15) is 0 Å². The van der Waals surface area contributed by atoms with Gasteiger partial charge >= 0.3 is 0 Å². The molecule has 0 aromatic heterocycles. The minimum absolute atomic E-state index is 0.187. The number of hydrogen-bond donors (Lipinski definition) is 0. The molecule has 0 N–H and O–H groups in total. The summed E-state index contributed by atoms with van der Waals surface area (Å²) in [5.74, 6) is 1.51. The van der Waals surface area contributed by atoms with Crippen molar-refractivity contribution in [2.75, 3.05) is 0 Å². The normalized spacial score (nSPS) is 48.6. The van der Waals surface area contributed by atoms with Gasteiger partial charge in [-0.25, -0.2) is 9.78 Å². The SMILES string of the molecule is Cc1ccc(O[C@H]2O[C@@H]3O[C@@]4(C)CCC5[C@H](C)CC[C@@H]([C@H]2C)[C@]53OO4)cc1. The van der Waals surface area contributed by atoms with Gasteiger partial charge in [0.15, 0.2) is 11.9 Å². The maximum Gasteiger partial charge on any atom is 0.205 e. The molecule has 0 amide bonds. The van der Waals surface area contributed by atoms with E-state index in [0.717, 1.165) is 25.0 Å². The Morgan fingerprint density at radius 1 is 1.00 bits per heavy atom. The fourth-order valence-corrected chi connectivity index (χ4v) is 5.76. The Morgan fingerprint density at radius 3 is 2.56 bits per heavy atom. The summed E-state index contributed by atoms with van der Waals surface area (Å²) in [5, 5.41) is 0. The van der Waals surface area contributed by atoms with Crippen LogP contribution in [0.2, 0.25) is 0 Å². The number of aryl methyl sites for hydroxylation is 1. The second-order valence-corrected chi connectivity index (χ2v) is 9.20. The highest BCUT2D eigenvalue weighted by molar-refractivity contribution is 5.26. The van der Waals surface area contributed by atoms with Crippen LogP contribution >= 0.6 is 0 Å². The summed E-state index contributed by atoms with van der Waals surface area (Å²) in [6.07, 6.45) is 3.34. The summed E-state index contributed by atoms with van der Waals surface area (Å²) in [5.41, 5.74) is 0.686. The van der Waals surface area contributed by atoms with Gasteiger partial charge in [-0.1, -0.05) is 31.5 Å². The fourth-order valence-electron chi connectivity index (χ4n) is 5.76. The molecular formula is C22H30O5. The monoisotopic (exact) mass is 374 g/mol. The number of benzene rings is 1. The second-order valence-electron chi connectivity index (χ2n) is 9.20. The lowest BCUT2D eigenvalue weighted by Gasteiger charge is -2.60. The zero-order chi connectivity index (χ0) is 18.8. The summed E-state index contributed by atoms with van der Waals surface area (Å²) >= 11 is 0. The molecule has 5 fully saturated rings. The Morgan fingerprint density at radius 2 is 1.78 bits per heavy atom. The Bertz CT molecular complexity index is 705. The maximum absolute atomic E-state index is 6.44. The van der Waals surface area contributed by atoms with E-state index in [2.05, 4.69) is 32.9 Å². The highest BCUT2D eigenvalue weighted by atomic mass is 17.3. The van der Waals surface area contributed by atoms with Crippen LogP contribution in [0.15, 0.2) is 24.3 Å². The van der Waals surface area contributed by atoms with Crippen molar-refractivity contribution >= 4 is 0 Å². The van der Waals surface area contributed by atoms with Crippen LogP contribution in [0.5, 0.6) is 5.75 Å². The van der Waals surface area contributed by atoms with E-state index in [-0.39, 0.29) is 18.1 Å². The van der Waals surface area contributed by atoms with Crippen LogP contribution in [-0.2, 0) is 19.2 Å². The molecule has 5 heteroatoms. The third kappa shape index (κ3) is 2.66. The maximum atomic E-state index is 6.44. The van der Waals surface area contributed by atoms with Crippen molar-refractivity contribution in [3.05, 3.63) is 29.8 Å². The Kier molecular flexibility index (Phi) is 4.10. The van der Waals surface area contributed by atoms with Gasteiger partial charge in [0.1, 0.15) is 5.75 Å². The van der Waals surface area contributed by atoms with E-state index in [0.29, 0.717) is 11.8 Å². The Labute approximate surface area is 161 Å². The summed E-state index contributed by atoms with van der Waals surface area (Å²) in [6.45, 7) is 8.57. The quantitative estimate of drug-likeness (QED) is 0.709. The van der Waals surface area contributed by atoms with E-state index in [1.165, 1.54) is 12.0 Å². The molecule has 6 rings (SSSR count). The molecule has 2 bridgehead atoms. The minimum atomic E-state index is -0.744. The lowest BCUT2D eigenvalue weighted by atomic mass is 9.58. The first-order chi connectivity index (χ1) is 12.9. The van der Waals surface area contributed by atoms with Crippen LogP contribution in [0, 0.1) is 30.6 Å². The number of rotatable bonds is 2. The molecular weight excluding hydrogens is 344 g/mol. The van der Waals surface area contributed by atoms with Crippen LogP contribution in [0.1, 0.15) is 52.0 Å². The van der Waals surface area contributed by atoms with Gasteiger partial charge < -0.3 is 14.2 Å². The van der Waals surface area contributed by atoms with Crippen LogP contribution in [0.3, 0.4) is 0 Å². The van der Waals surface area contributed by atoms with Crippen molar-refractivity contribution in [2.45, 2.75) is 77.3 Å². The second kappa shape index (κ2) is 6.18. The Hall–Kier alpha value is -1.14. The number of ether oxygens (including phenoxy) is 3. The zero-order valence-electron chi connectivity index (χ0n) is 16.6. The van der Waals surface area contributed by atoms with Gasteiger partial charge in [0.2, 0.25) is 12.1 Å². The van der Waals surface area contributed by atoms with Crippen molar-refractivity contribution in [1.82, 2.24) is 0 Å². The molecule has 148 valence electrons. The molecule has 8 atom stereocenters. The molecule has 5 nitrogen and oxygen atoms in total. The number of hydrogen-bond acceptors (Lipinski definition) is 5. The molecule has 1 aliphatic carbocycles. The van der Waals surface area contributed by atoms with Crippen molar-refractivity contribution < 1.29 is 24.0 Å².